The number of fused-ring (bicyclic) bond motifs is 1. The molecular formula is C19H29N3O3S. The van der Waals surface area contributed by atoms with Crippen molar-refractivity contribution in [1.82, 2.24) is 9.80 Å². The van der Waals surface area contributed by atoms with Crippen LogP contribution in [-0.2, 0) is 9.84 Å². The summed E-state index contributed by atoms with van der Waals surface area (Å²) >= 11 is 0. The monoisotopic (exact) mass is 379 g/mol. The molecule has 6 nitrogen and oxygen atoms in total. The van der Waals surface area contributed by atoms with Gasteiger partial charge in [0.2, 0.25) is 0 Å². The van der Waals surface area contributed by atoms with E-state index in [0.29, 0.717) is 12.5 Å². The van der Waals surface area contributed by atoms with Crippen molar-refractivity contribution in [2.24, 2.45) is 5.92 Å². The molecule has 2 fully saturated rings. The Morgan fingerprint density at radius 2 is 1.88 bits per heavy atom. The van der Waals surface area contributed by atoms with E-state index in [1.807, 2.05) is 32.0 Å². The molecule has 0 aliphatic carbocycles. The first-order chi connectivity index (χ1) is 12.2. The highest BCUT2D eigenvalue weighted by molar-refractivity contribution is 7.91. The third-order valence-electron chi connectivity index (χ3n) is 5.28. The number of sulfone groups is 1. The maximum absolute atomic E-state index is 12.9. The molecular weight excluding hydrogens is 350 g/mol. The van der Waals surface area contributed by atoms with Gasteiger partial charge in [-0.15, -0.1) is 0 Å². The molecule has 3 rings (SSSR count). The fourth-order valence-corrected chi connectivity index (χ4v) is 6.13. The Bertz CT molecular complexity index is 791. The largest absolute Gasteiger partial charge is 0.322 e. The predicted molar refractivity (Wildman–Crippen MR) is 104 cm³/mol. The van der Waals surface area contributed by atoms with Crippen molar-refractivity contribution >= 4 is 21.6 Å². The Labute approximate surface area is 156 Å². The molecule has 0 unspecified atom stereocenters. The van der Waals surface area contributed by atoms with Crippen molar-refractivity contribution < 1.29 is 13.2 Å². The topological polar surface area (TPSA) is 69.7 Å². The molecule has 26 heavy (non-hydrogen) atoms. The lowest BCUT2D eigenvalue weighted by molar-refractivity contribution is 0.0625. The van der Waals surface area contributed by atoms with E-state index in [4.69, 9.17) is 0 Å². The van der Waals surface area contributed by atoms with Crippen LogP contribution < -0.4 is 5.32 Å². The standard InChI is InChI=1S/C19H29N3O3S/c1-13(2)10-21-7-8-22(18-12-26(24,25)11-17(18)21)19(23)20-16-6-5-14(3)9-15(16)4/h5-6,9,13,17-18H,7-8,10-12H2,1-4H3,(H,20,23)/t17-,18+/m1/s1. The number of anilines is 1. The van der Waals surface area contributed by atoms with Gasteiger partial charge in [0.05, 0.1) is 17.5 Å². The van der Waals surface area contributed by atoms with E-state index in [1.165, 1.54) is 0 Å². The molecule has 144 valence electrons. The van der Waals surface area contributed by atoms with E-state index in [9.17, 15) is 13.2 Å². The lowest BCUT2D eigenvalue weighted by Gasteiger charge is -2.44. The maximum Gasteiger partial charge on any atom is 0.322 e. The van der Waals surface area contributed by atoms with Gasteiger partial charge in [0.1, 0.15) is 0 Å². The number of nitrogens with zero attached hydrogens (tertiary/aromatic N) is 2. The number of hydrogen-bond donors (Lipinski definition) is 1. The Balaban J connectivity index is 1.78. The first-order valence-corrected chi connectivity index (χ1v) is 11.1. The van der Waals surface area contributed by atoms with Crippen molar-refractivity contribution in [3.63, 3.8) is 0 Å². The molecule has 0 saturated carbocycles. The second-order valence-electron chi connectivity index (χ2n) is 8.04. The number of rotatable bonds is 3. The highest BCUT2D eigenvalue weighted by atomic mass is 32.2. The Hall–Kier alpha value is -1.60. The summed E-state index contributed by atoms with van der Waals surface area (Å²) < 4.78 is 24.5. The Morgan fingerprint density at radius 1 is 1.19 bits per heavy atom. The first-order valence-electron chi connectivity index (χ1n) is 9.25. The van der Waals surface area contributed by atoms with Crippen molar-refractivity contribution in [2.45, 2.75) is 39.8 Å². The molecule has 2 atom stereocenters. The summed E-state index contributed by atoms with van der Waals surface area (Å²) in [5.41, 5.74) is 2.93. The van der Waals surface area contributed by atoms with Gasteiger partial charge >= 0.3 is 6.03 Å². The third-order valence-corrected chi connectivity index (χ3v) is 6.97. The van der Waals surface area contributed by atoms with Gasteiger partial charge in [0.25, 0.3) is 0 Å². The molecule has 1 aromatic carbocycles. The van der Waals surface area contributed by atoms with Gasteiger partial charge in [-0.1, -0.05) is 31.5 Å². The zero-order valence-corrected chi connectivity index (χ0v) is 16.8. The van der Waals surface area contributed by atoms with E-state index >= 15 is 0 Å². The normalized spacial score (nSPS) is 25.3. The SMILES string of the molecule is Cc1ccc(NC(=O)N2CCN(CC(C)C)[C@@H]3CS(=O)(=O)C[C@@H]32)c(C)c1. The van der Waals surface area contributed by atoms with Crippen molar-refractivity contribution in [1.29, 1.82) is 0 Å². The van der Waals surface area contributed by atoms with Gasteiger partial charge < -0.3 is 10.2 Å². The van der Waals surface area contributed by atoms with Crippen LogP contribution in [0.25, 0.3) is 0 Å². The molecule has 1 aromatic rings. The molecule has 0 aromatic heterocycles. The van der Waals surface area contributed by atoms with Crippen LogP contribution in [0.1, 0.15) is 25.0 Å². The van der Waals surface area contributed by atoms with Gasteiger partial charge in [0.15, 0.2) is 9.84 Å². The zero-order valence-electron chi connectivity index (χ0n) is 16.0. The minimum Gasteiger partial charge on any atom is -0.318 e. The highest BCUT2D eigenvalue weighted by Gasteiger charge is 2.48. The van der Waals surface area contributed by atoms with Crippen LogP contribution in [-0.4, -0.2) is 67.5 Å². The average Bonchev–Trinajstić information content (AvgIpc) is 2.85. The minimum atomic E-state index is -3.11. The third kappa shape index (κ3) is 4.04. The average molecular weight is 380 g/mol. The number of nitrogens with one attached hydrogen (secondary N) is 1. The Morgan fingerprint density at radius 3 is 2.54 bits per heavy atom. The number of benzene rings is 1. The molecule has 2 amide bonds. The molecule has 7 heteroatoms. The summed E-state index contributed by atoms with van der Waals surface area (Å²) in [5, 5.41) is 2.98. The van der Waals surface area contributed by atoms with Gasteiger partial charge in [-0.05, 0) is 31.4 Å². The molecule has 2 aliphatic heterocycles. The van der Waals surface area contributed by atoms with Crippen molar-refractivity contribution in [2.75, 3.05) is 36.5 Å². The number of carbonyl (C=O) groups excluding carboxylic acids is 1. The second-order valence-corrected chi connectivity index (χ2v) is 10.2. The molecule has 2 saturated heterocycles. The molecule has 0 bridgehead atoms. The van der Waals surface area contributed by atoms with Crippen LogP contribution in [0.5, 0.6) is 0 Å². The fourth-order valence-electron chi connectivity index (χ4n) is 4.11. The molecule has 1 N–H and O–H groups in total. The maximum atomic E-state index is 12.9. The summed E-state index contributed by atoms with van der Waals surface area (Å²) in [6, 6.07) is 5.33. The number of amides is 2. The number of hydrogen-bond acceptors (Lipinski definition) is 4. The second kappa shape index (κ2) is 7.19. The number of urea groups is 1. The summed E-state index contributed by atoms with van der Waals surface area (Å²) in [5.74, 6) is 0.680. The summed E-state index contributed by atoms with van der Waals surface area (Å²) in [6.07, 6.45) is 0. The van der Waals surface area contributed by atoms with E-state index in [0.717, 1.165) is 29.9 Å². The van der Waals surface area contributed by atoms with Crippen LogP contribution in [0, 0.1) is 19.8 Å². The van der Waals surface area contributed by atoms with Crippen LogP contribution in [0.2, 0.25) is 0 Å². The van der Waals surface area contributed by atoms with Gasteiger partial charge in [-0.2, -0.15) is 0 Å². The van der Waals surface area contributed by atoms with Crippen LogP contribution in [0.15, 0.2) is 18.2 Å². The number of piperazine rings is 1. The lowest BCUT2D eigenvalue weighted by atomic mass is 10.0. The van der Waals surface area contributed by atoms with Gasteiger partial charge in [-0.3, -0.25) is 4.90 Å². The molecule has 0 radical (unpaired) electrons. The van der Waals surface area contributed by atoms with Crippen molar-refractivity contribution in [3.8, 4) is 0 Å². The minimum absolute atomic E-state index is 0.0621. The number of aryl methyl sites for hydroxylation is 2. The van der Waals surface area contributed by atoms with Crippen LogP contribution >= 0.6 is 0 Å². The van der Waals surface area contributed by atoms with Crippen LogP contribution in [0.3, 0.4) is 0 Å². The quantitative estimate of drug-likeness (QED) is 0.875. The predicted octanol–water partition coefficient (Wildman–Crippen LogP) is 2.27. The lowest BCUT2D eigenvalue weighted by Crippen LogP contribution is -2.61. The van der Waals surface area contributed by atoms with E-state index in [-0.39, 0.29) is 29.6 Å². The van der Waals surface area contributed by atoms with Gasteiger partial charge in [-0.25, -0.2) is 13.2 Å². The fraction of sp³-hybridized carbons (Fsp3) is 0.632. The first kappa shape index (κ1) is 19.2. The Kier molecular flexibility index (Phi) is 5.30. The highest BCUT2D eigenvalue weighted by Crippen LogP contribution is 2.28. The smallest absolute Gasteiger partial charge is 0.318 e. The van der Waals surface area contributed by atoms with E-state index < -0.39 is 9.84 Å². The molecule has 2 heterocycles. The van der Waals surface area contributed by atoms with Crippen LogP contribution in [0.4, 0.5) is 10.5 Å². The summed E-state index contributed by atoms with van der Waals surface area (Å²) in [7, 11) is -3.11. The van der Waals surface area contributed by atoms with E-state index in [1.54, 1.807) is 4.90 Å². The summed E-state index contributed by atoms with van der Waals surface area (Å²) in [4.78, 5) is 16.9. The van der Waals surface area contributed by atoms with Gasteiger partial charge in [0, 0.05) is 31.4 Å². The molecule has 0 spiro atoms. The summed E-state index contributed by atoms with van der Waals surface area (Å²) in [6.45, 7) is 10.4. The number of carbonyl (C=O) groups is 1. The van der Waals surface area contributed by atoms with E-state index in [2.05, 4.69) is 24.1 Å². The molecule has 2 aliphatic rings. The van der Waals surface area contributed by atoms with Crippen molar-refractivity contribution in [3.05, 3.63) is 29.3 Å². The zero-order chi connectivity index (χ0) is 19.1.